The van der Waals surface area contributed by atoms with Crippen LogP contribution in [0, 0.1) is 5.82 Å². The van der Waals surface area contributed by atoms with Crippen molar-refractivity contribution >= 4 is 23.4 Å². The summed E-state index contributed by atoms with van der Waals surface area (Å²) in [7, 11) is 0. The van der Waals surface area contributed by atoms with E-state index in [0.717, 1.165) is 38.4 Å². The van der Waals surface area contributed by atoms with Crippen molar-refractivity contribution in [1.29, 1.82) is 0 Å². The minimum Gasteiger partial charge on any atom is -0.492 e. The monoisotopic (exact) mass is 496 g/mol. The third-order valence-corrected chi connectivity index (χ3v) is 6.85. The Morgan fingerprint density at radius 3 is 2.78 bits per heavy atom. The Hall–Kier alpha value is -3.50. The van der Waals surface area contributed by atoms with E-state index in [9.17, 15) is 18.8 Å². The van der Waals surface area contributed by atoms with Gasteiger partial charge in [-0.3, -0.25) is 24.6 Å². The summed E-state index contributed by atoms with van der Waals surface area (Å²) in [6, 6.07) is 9.33. The molecule has 2 fully saturated rings. The molecule has 3 heterocycles. The number of nitrogens with zero attached hydrogens (tertiary/aromatic N) is 2. The van der Waals surface area contributed by atoms with Gasteiger partial charge in [-0.2, -0.15) is 0 Å². The van der Waals surface area contributed by atoms with E-state index in [4.69, 9.17) is 9.47 Å². The van der Waals surface area contributed by atoms with Gasteiger partial charge >= 0.3 is 0 Å². The van der Waals surface area contributed by atoms with Crippen LogP contribution in [0.4, 0.5) is 10.1 Å². The molecule has 1 atom stereocenters. The lowest BCUT2D eigenvalue weighted by Gasteiger charge is -2.29. The molecule has 1 unspecified atom stereocenters. The fraction of sp³-hybridized carbons (Fsp3) is 0.423. The molecular weight excluding hydrogens is 467 g/mol. The Kier molecular flexibility index (Phi) is 7.15. The summed E-state index contributed by atoms with van der Waals surface area (Å²) in [5, 5.41) is 5.56. The Balaban J connectivity index is 1.23. The summed E-state index contributed by atoms with van der Waals surface area (Å²) < 4.78 is 25.8. The highest BCUT2D eigenvalue weighted by Crippen LogP contribution is 2.32. The standard InChI is InChI=1S/C26H29FN4O5/c27-21-5-4-18(36-13-10-30-8-11-35-12-9-30)14-17(21)15-28-22-3-1-2-19-20(22)16-31(26(19)34)23-6-7-24(32)29-25(23)33/h1-5,14,23,28H,6-13,15-16H2,(H,29,32,33). The van der Waals surface area contributed by atoms with E-state index in [1.807, 2.05) is 6.07 Å². The number of ether oxygens (including phenoxy) is 2. The molecule has 2 aromatic carbocycles. The molecule has 0 aromatic heterocycles. The Bertz CT molecular complexity index is 1170. The molecule has 0 spiro atoms. The number of carbonyl (C=O) groups is 3. The van der Waals surface area contributed by atoms with Crippen molar-refractivity contribution < 1.29 is 28.2 Å². The number of anilines is 1. The van der Waals surface area contributed by atoms with E-state index in [-0.39, 0.29) is 37.1 Å². The molecule has 3 aliphatic heterocycles. The number of piperidine rings is 1. The van der Waals surface area contributed by atoms with Crippen LogP contribution in [0.2, 0.25) is 0 Å². The lowest BCUT2D eigenvalue weighted by atomic mass is 10.0. The molecule has 5 rings (SSSR count). The number of amides is 3. The quantitative estimate of drug-likeness (QED) is 0.539. The van der Waals surface area contributed by atoms with E-state index >= 15 is 0 Å². The minimum absolute atomic E-state index is 0.200. The van der Waals surface area contributed by atoms with Crippen LogP contribution in [-0.4, -0.2) is 73.0 Å². The number of nitrogens with one attached hydrogen (secondary N) is 2. The largest absolute Gasteiger partial charge is 0.492 e. The molecule has 2 aromatic rings. The molecule has 36 heavy (non-hydrogen) atoms. The highest BCUT2D eigenvalue weighted by Gasteiger charge is 2.39. The van der Waals surface area contributed by atoms with Crippen molar-refractivity contribution in [1.82, 2.24) is 15.1 Å². The first kappa shape index (κ1) is 24.2. The summed E-state index contributed by atoms with van der Waals surface area (Å²) in [6.45, 7) is 4.95. The smallest absolute Gasteiger partial charge is 0.255 e. The minimum atomic E-state index is -0.681. The average molecular weight is 497 g/mol. The SMILES string of the molecule is O=C1CCC(N2Cc3c(NCc4cc(OCCN5CCOCC5)ccc4F)cccc3C2=O)C(=O)N1. The third kappa shape index (κ3) is 5.19. The van der Waals surface area contributed by atoms with E-state index in [1.54, 1.807) is 24.3 Å². The van der Waals surface area contributed by atoms with Crippen LogP contribution in [0.15, 0.2) is 36.4 Å². The summed E-state index contributed by atoms with van der Waals surface area (Å²) >= 11 is 0. The van der Waals surface area contributed by atoms with E-state index in [2.05, 4.69) is 15.5 Å². The Labute approximate surface area is 208 Å². The second kappa shape index (κ2) is 10.6. The van der Waals surface area contributed by atoms with Crippen molar-refractivity contribution in [2.24, 2.45) is 0 Å². The fourth-order valence-electron chi connectivity index (χ4n) is 4.84. The molecule has 2 saturated heterocycles. The molecule has 9 nitrogen and oxygen atoms in total. The molecular formula is C26H29FN4O5. The fourth-order valence-corrected chi connectivity index (χ4v) is 4.84. The van der Waals surface area contributed by atoms with Gasteiger partial charge in [0.15, 0.2) is 0 Å². The molecule has 0 bridgehead atoms. The van der Waals surface area contributed by atoms with Gasteiger partial charge in [-0.05, 0) is 36.8 Å². The molecule has 2 N–H and O–H groups in total. The lowest BCUT2D eigenvalue weighted by molar-refractivity contribution is -0.136. The predicted octanol–water partition coefficient (Wildman–Crippen LogP) is 1.91. The van der Waals surface area contributed by atoms with Crippen molar-refractivity contribution in [2.75, 3.05) is 44.8 Å². The van der Waals surface area contributed by atoms with Gasteiger partial charge in [-0.25, -0.2) is 4.39 Å². The van der Waals surface area contributed by atoms with Crippen LogP contribution in [-0.2, 0) is 27.4 Å². The van der Waals surface area contributed by atoms with Crippen molar-refractivity contribution in [3.05, 3.63) is 58.9 Å². The zero-order chi connectivity index (χ0) is 25.1. The summed E-state index contributed by atoms with van der Waals surface area (Å²) in [4.78, 5) is 40.6. The number of carbonyl (C=O) groups excluding carboxylic acids is 3. The number of hydrogen-bond acceptors (Lipinski definition) is 7. The molecule has 3 aliphatic rings. The average Bonchev–Trinajstić information content (AvgIpc) is 3.21. The Morgan fingerprint density at radius 2 is 1.97 bits per heavy atom. The van der Waals surface area contributed by atoms with Gasteiger partial charge in [0.1, 0.15) is 24.2 Å². The van der Waals surface area contributed by atoms with E-state index in [1.165, 1.54) is 11.0 Å². The van der Waals surface area contributed by atoms with Crippen molar-refractivity contribution in [2.45, 2.75) is 32.0 Å². The Morgan fingerprint density at radius 1 is 1.14 bits per heavy atom. The van der Waals surface area contributed by atoms with Crippen LogP contribution in [0.3, 0.4) is 0 Å². The maximum Gasteiger partial charge on any atom is 0.255 e. The first-order chi connectivity index (χ1) is 17.5. The van der Waals surface area contributed by atoms with Crippen LogP contribution in [0.1, 0.15) is 34.3 Å². The van der Waals surface area contributed by atoms with E-state index in [0.29, 0.717) is 35.6 Å². The van der Waals surface area contributed by atoms with Gasteiger partial charge < -0.3 is 19.7 Å². The van der Waals surface area contributed by atoms with Crippen LogP contribution in [0.25, 0.3) is 0 Å². The molecule has 10 heteroatoms. The number of hydrogen-bond donors (Lipinski definition) is 2. The molecule has 0 saturated carbocycles. The third-order valence-electron chi connectivity index (χ3n) is 6.85. The first-order valence-electron chi connectivity index (χ1n) is 12.2. The molecule has 3 amide bonds. The van der Waals surface area contributed by atoms with Crippen LogP contribution < -0.4 is 15.4 Å². The maximum absolute atomic E-state index is 14.5. The van der Waals surface area contributed by atoms with Gasteiger partial charge in [0.05, 0.1) is 13.2 Å². The highest BCUT2D eigenvalue weighted by atomic mass is 19.1. The maximum atomic E-state index is 14.5. The summed E-state index contributed by atoms with van der Waals surface area (Å²) in [5.41, 5.74) is 2.41. The molecule has 0 aliphatic carbocycles. The summed E-state index contributed by atoms with van der Waals surface area (Å²) in [6.07, 6.45) is 0.502. The number of fused-ring (bicyclic) bond motifs is 1. The zero-order valence-electron chi connectivity index (χ0n) is 19.9. The van der Waals surface area contributed by atoms with Crippen LogP contribution in [0.5, 0.6) is 5.75 Å². The summed E-state index contributed by atoms with van der Waals surface area (Å²) in [5.74, 6) is -0.771. The van der Waals surface area contributed by atoms with Crippen molar-refractivity contribution in [3.63, 3.8) is 0 Å². The zero-order valence-corrected chi connectivity index (χ0v) is 19.9. The van der Waals surface area contributed by atoms with Gasteiger partial charge in [0.25, 0.3) is 5.91 Å². The van der Waals surface area contributed by atoms with Gasteiger partial charge in [0, 0.05) is 61.5 Å². The number of rotatable bonds is 8. The van der Waals surface area contributed by atoms with Gasteiger partial charge in [-0.15, -0.1) is 0 Å². The molecule has 190 valence electrons. The van der Waals surface area contributed by atoms with Gasteiger partial charge in [0.2, 0.25) is 11.8 Å². The first-order valence-corrected chi connectivity index (χ1v) is 12.2. The number of morpholine rings is 1. The normalized spacial score (nSPS) is 20.3. The highest BCUT2D eigenvalue weighted by molar-refractivity contribution is 6.06. The number of benzene rings is 2. The molecule has 0 radical (unpaired) electrons. The second-order valence-electron chi connectivity index (χ2n) is 9.14. The lowest BCUT2D eigenvalue weighted by Crippen LogP contribution is -2.52. The van der Waals surface area contributed by atoms with Crippen LogP contribution >= 0.6 is 0 Å². The topological polar surface area (TPSA) is 100 Å². The van der Waals surface area contributed by atoms with E-state index < -0.39 is 11.9 Å². The second-order valence-corrected chi connectivity index (χ2v) is 9.14. The van der Waals surface area contributed by atoms with Crippen molar-refractivity contribution in [3.8, 4) is 5.75 Å². The number of imide groups is 1. The predicted molar refractivity (Wildman–Crippen MR) is 129 cm³/mol. The number of halogens is 1. The van der Waals surface area contributed by atoms with Gasteiger partial charge in [-0.1, -0.05) is 6.07 Å².